The van der Waals surface area contributed by atoms with Crippen LogP contribution in [0.5, 0.6) is 0 Å². The minimum absolute atomic E-state index is 0.0769. The van der Waals surface area contributed by atoms with Crippen LogP contribution in [0.2, 0.25) is 5.02 Å². The third-order valence-electron chi connectivity index (χ3n) is 4.09. The summed E-state index contributed by atoms with van der Waals surface area (Å²) in [5.74, 6) is -0.404. The Labute approximate surface area is 122 Å². The molecule has 1 fully saturated rings. The highest BCUT2D eigenvalue weighted by molar-refractivity contribution is 6.34. The fraction of sp³-hybridized carbons (Fsp3) is 0.467. The number of rotatable bonds is 2. The lowest BCUT2D eigenvalue weighted by atomic mass is 9.86. The van der Waals surface area contributed by atoms with Gasteiger partial charge in [0, 0.05) is 11.7 Å². The third-order valence-corrected chi connectivity index (χ3v) is 4.40. The van der Waals surface area contributed by atoms with Crippen LogP contribution in [0.4, 0.5) is 5.69 Å². The molecule has 0 bridgehead atoms. The van der Waals surface area contributed by atoms with Gasteiger partial charge in [-0.1, -0.05) is 11.6 Å². The van der Waals surface area contributed by atoms with Crippen LogP contribution in [-0.2, 0) is 14.9 Å². The van der Waals surface area contributed by atoms with Crippen LogP contribution in [0.1, 0.15) is 42.6 Å². The van der Waals surface area contributed by atoms with Crippen LogP contribution in [0.15, 0.2) is 12.1 Å². The van der Waals surface area contributed by atoms with E-state index >= 15 is 0 Å². The lowest BCUT2D eigenvalue weighted by Crippen LogP contribution is -2.37. The standard InChI is InChI=1S/C15H16ClNO3/c1-15(2)10-7-11(16)9(13(18)20-3)6-12(10)17(14(15)19)8-4-5-8/h6-8H,4-5H2,1-3H3. The van der Waals surface area contributed by atoms with E-state index in [1.165, 1.54) is 7.11 Å². The Morgan fingerprint density at radius 2 is 2.05 bits per heavy atom. The van der Waals surface area contributed by atoms with E-state index in [4.69, 9.17) is 16.3 Å². The number of hydrogen-bond donors (Lipinski definition) is 0. The fourth-order valence-electron chi connectivity index (χ4n) is 2.75. The number of halogens is 1. The van der Waals surface area contributed by atoms with E-state index in [9.17, 15) is 9.59 Å². The minimum Gasteiger partial charge on any atom is -0.465 e. The molecule has 20 heavy (non-hydrogen) atoms. The minimum atomic E-state index is -0.601. The van der Waals surface area contributed by atoms with E-state index in [0.717, 1.165) is 24.1 Å². The van der Waals surface area contributed by atoms with E-state index in [-0.39, 0.29) is 11.9 Å². The molecule has 1 aliphatic carbocycles. The van der Waals surface area contributed by atoms with Crippen LogP contribution in [-0.4, -0.2) is 25.0 Å². The molecule has 1 amide bonds. The summed E-state index contributed by atoms with van der Waals surface area (Å²) in [4.78, 5) is 26.2. The van der Waals surface area contributed by atoms with Gasteiger partial charge in [-0.2, -0.15) is 0 Å². The number of anilines is 1. The smallest absolute Gasteiger partial charge is 0.339 e. The van der Waals surface area contributed by atoms with E-state index in [1.54, 1.807) is 12.1 Å². The quantitative estimate of drug-likeness (QED) is 0.788. The maximum Gasteiger partial charge on any atom is 0.339 e. The predicted molar refractivity (Wildman–Crippen MR) is 76.3 cm³/mol. The number of esters is 1. The summed E-state index contributed by atoms with van der Waals surface area (Å²) in [5.41, 5.74) is 1.39. The van der Waals surface area contributed by atoms with Gasteiger partial charge in [0.25, 0.3) is 0 Å². The first-order valence-corrected chi connectivity index (χ1v) is 7.01. The van der Waals surface area contributed by atoms with Gasteiger partial charge in [-0.25, -0.2) is 4.79 Å². The van der Waals surface area contributed by atoms with Crippen molar-refractivity contribution in [1.82, 2.24) is 0 Å². The molecule has 0 radical (unpaired) electrons. The summed E-state index contributed by atoms with van der Waals surface area (Å²) in [5, 5.41) is 0.328. The summed E-state index contributed by atoms with van der Waals surface area (Å²) in [7, 11) is 1.32. The molecule has 0 aromatic heterocycles. The van der Waals surface area contributed by atoms with Crippen molar-refractivity contribution in [2.75, 3.05) is 12.0 Å². The maximum absolute atomic E-state index is 12.6. The molecule has 1 aromatic rings. The van der Waals surface area contributed by atoms with Gasteiger partial charge in [-0.05, 0) is 44.4 Å². The Bertz CT molecular complexity index is 620. The molecule has 0 saturated heterocycles. The number of hydrogen-bond acceptors (Lipinski definition) is 3. The summed E-state index contributed by atoms with van der Waals surface area (Å²) in [6.45, 7) is 3.79. The normalized spacial score (nSPS) is 20.0. The molecular formula is C15H16ClNO3. The maximum atomic E-state index is 12.6. The number of benzene rings is 1. The molecule has 0 spiro atoms. The lowest BCUT2D eigenvalue weighted by Gasteiger charge is -2.19. The zero-order valence-corrected chi connectivity index (χ0v) is 12.5. The number of methoxy groups -OCH3 is 1. The molecule has 0 N–H and O–H groups in total. The van der Waals surface area contributed by atoms with Gasteiger partial charge in [0.15, 0.2) is 0 Å². The zero-order chi connectivity index (χ0) is 14.7. The lowest BCUT2D eigenvalue weighted by molar-refractivity contribution is -0.122. The van der Waals surface area contributed by atoms with Crippen molar-refractivity contribution in [3.63, 3.8) is 0 Å². The summed E-state index contributed by atoms with van der Waals surface area (Å²) >= 11 is 6.17. The molecule has 0 unspecified atom stereocenters. The van der Waals surface area contributed by atoms with Gasteiger partial charge in [0.1, 0.15) is 0 Å². The SMILES string of the molecule is COC(=O)c1cc2c(cc1Cl)C(C)(C)C(=O)N2C1CC1. The van der Waals surface area contributed by atoms with E-state index in [0.29, 0.717) is 10.6 Å². The Hall–Kier alpha value is -1.55. The number of carbonyl (C=O) groups is 2. The Morgan fingerprint density at radius 1 is 1.40 bits per heavy atom. The highest BCUT2D eigenvalue weighted by Gasteiger charge is 2.49. The van der Waals surface area contributed by atoms with Gasteiger partial charge in [0.2, 0.25) is 5.91 Å². The number of ether oxygens (including phenoxy) is 1. The molecule has 106 valence electrons. The van der Waals surface area contributed by atoms with Crippen molar-refractivity contribution in [3.8, 4) is 0 Å². The molecule has 1 saturated carbocycles. The third kappa shape index (κ3) is 1.74. The fourth-order valence-corrected chi connectivity index (χ4v) is 2.99. The molecule has 5 heteroatoms. The molecule has 1 heterocycles. The van der Waals surface area contributed by atoms with Gasteiger partial charge >= 0.3 is 5.97 Å². The largest absolute Gasteiger partial charge is 0.465 e. The highest BCUT2D eigenvalue weighted by Crippen LogP contribution is 2.48. The Balaban J connectivity index is 2.19. The molecule has 4 nitrogen and oxygen atoms in total. The first kappa shape index (κ1) is 13.4. The molecular weight excluding hydrogens is 278 g/mol. The summed E-state index contributed by atoms with van der Waals surface area (Å²) in [6.07, 6.45) is 2.02. The molecule has 3 rings (SSSR count). The first-order valence-electron chi connectivity index (χ1n) is 6.64. The highest BCUT2D eigenvalue weighted by atomic mass is 35.5. The monoisotopic (exact) mass is 293 g/mol. The predicted octanol–water partition coefficient (Wildman–Crippen LogP) is 2.91. The van der Waals surface area contributed by atoms with E-state index in [2.05, 4.69) is 0 Å². The Morgan fingerprint density at radius 3 is 2.60 bits per heavy atom. The second kappa shape index (κ2) is 4.22. The number of fused-ring (bicyclic) bond motifs is 1. The van der Waals surface area contributed by atoms with Crippen molar-refractivity contribution in [2.45, 2.75) is 38.1 Å². The van der Waals surface area contributed by atoms with Gasteiger partial charge in [-0.3, -0.25) is 4.79 Å². The van der Waals surface area contributed by atoms with Crippen LogP contribution in [0.25, 0.3) is 0 Å². The van der Waals surface area contributed by atoms with Crippen molar-refractivity contribution in [1.29, 1.82) is 0 Å². The van der Waals surface area contributed by atoms with Crippen LogP contribution in [0.3, 0.4) is 0 Å². The Kier molecular flexibility index (Phi) is 2.83. The van der Waals surface area contributed by atoms with Gasteiger partial charge in [0.05, 0.1) is 23.1 Å². The van der Waals surface area contributed by atoms with Gasteiger partial charge in [-0.15, -0.1) is 0 Å². The molecule has 0 atom stereocenters. The van der Waals surface area contributed by atoms with Crippen molar-refractivity contribution in [2.24, 2.45) is 0 Å². The van der Waals surface area contributed by atoms with E-state index < -0.39 is 11.4 Å². The van der Waals surface area contributed by atoms with Crippen LogP contribution < -0.4 is 4.90 Å². The first-order chi connectivity index (χ1) is 9.37. The average molecular weight is 294 g/mol. The molecule has 2 aliphatic rings. The summed E-state index contributed by atoms with van der Waals surface area (Å²) < 4.78 is 4.74. The number of carbonyl (C=O) groups excluding carboxylic acids is 2. The van der Waals surface area contributed by atoms with Gasteiger partial charge < -0.3 is 9.64 Å². The average Bonchev–Trinajstić information content (AvgIpc) is 3.20. The van der Waals surface area contributed by atoms with Crippen LogP contribution >= 0.6 is 11.6 Å². The van der Waals surface area contributed by atoms with Crippen molar-refractivity contribution >= 4 is 29.2 Å². The molecule has 1 aliphatic heterocycles. The summed E-state index contributed by atoms with van der Waals surface area (Å²) in [6, 6.07) is 3.67. The van der Waals surface area contributed by atoms with Crippen LogP contribution in [0, 0.1) is 0 Å². The second-order valence-corrected chi connectivity index (χ2v) is 6.28. The van der Waals surface area contributed by atoms with Crippen molar-refractivity contribution < 1.29 is 14.3 Å². The van der Waals surface area contributed by atoms with E-state index in [1.807, 2.05) is 18.7 Å². The number of nitrogens with zero attached hydrogens (tertiary/aromatic N) is 1. The van der Waals surface area contributed by atoms with Crippen molar-refractivity contribution in [3.05, 3.63) is 28.3 Å². The molecule has 1 aromatic carbocycles. The second-order valence-electron chi connectivity index (χ2n) is 5.87. The zero-order valence-electron chi connectivity index (χ0n) is 11.7. The topological polar surface area (TPSA) is 46.6 Å². The number of amides is 1.